The molecule has 4 aromatic rings. The Balaban J connectivity index is 1.30. The standard InChI is InChI=1S/C29H24ClN3O4/c1-18-26-24(32-33-28(34)22-10-5-6-11-23(22)30)12-7-13-25(26)37-27(18)29(35)31-19-14-16-21(17-15-19)36-20-8-3-2-4-9-20/h2-6,8-11,14-17H,7,12-13H2,1H3,(H,31,35)(H,33,34)/b32-24+. The zero-order valence-electron chi connectivity index (χ0n) is 20.1. The molecule has 0 spiro atoms. The maximum Gasteiger partial charge on any atom is 0.291 e. The molecule has 1 aliphatic rings. The van der Waals surface area contributed by atoms with E-state index in [4.69, 9.17) is 20.8 Å². The predicted molar refractivity (Wildman–Crippen MR) is 143 cm³/mol. The molecule has 1 aromatic heterocycles. The number of halogens is 1. The van der Waals surface area contributed by atoms with Crippen LogP contribution in [0.3, 0.4) is 0 Å². The lowest BCUT2D eigenvalue weighted by Gasteiger charge is -2.13. The zero-order chi connectivity index (χ0) is 25.8. The first-order valence-electron chi connectivity index (χ1n) is 11.9. The van der Waals surface area contributed by atoms with Crippen LogP contribution in [0.1, 0.15) is 50.6 Å². The second-order valence-corrected chi connectivity index (χ2v) is 8.99. The van der Waals surface area contributed by atoms with Gasteiger partial charge in [0.05, 0.1) is 16.3 Å². The first kappa shape index (κ1) is 24.3. The van der Waals surface area contributed by atoms with Crippen molar-refractivity contribution in [3.05, 3.63) is 112 Å². The van der Waals surface area contributed by atoms with E-state index in [1.807, 2.05) is 37.3 Å². The van der Waals surface area contributed by atoms with Crippen LogP contribution in [0, 0.1) is 6.92 Å². The van der Waals surface area contributed by atoms with Crippen molar-refractivity contribution in [2.75, 3.05) is 5.32 Å². The van der Waals surface area contributed by atoms with Gasteiger partial charge in [-0.2, -0.15) is 5.10 Å². The molecule has 2 N–H and O–H groups in total. The molecular formula is C29H24ClN3O4. The number of carbonyl (C=O) groups excluding carboxylic acids is 2. The molecule has 1 heterocycles. The third-order valence-corrected chi connectivity index (χ3v) is 6.36. The minimum atomic E-state index is -0.399. The number of hydrogen-bond acceptors (Lipinski definition) is 5. The normalized spacial score (nSPS) is 13.6. The van der Waals surface area contributed by atoms with Crippen molar-refractivity contribution in [2.24, 2.45) is 5.10 Å². The first-order chi connectivity index (χ1) is 18.0. The number of hydrazone groups is 1. The van der Waals surface area contributed by atoms with Gasteiger partial charge in [-0.1, -0.05) is 41.9 Å². The maximum absolute atomic E-state index is 13.1. The number of amides is 2. The van der Waals surface area contributed by atoms with E-state index in [9.17, 15) is 9.59 Å². The molecule has 8 heteroatoms. The van der Waals surface area contributed by atoms with Gasteiger partial charge < -0.3 is 14.5 Å². The summed E-state index contributed by atoms with van der Waals surface area (Å²) in [7, 11) is 0. The number of fused-ring (bicyclic) bond motifs is 1. The highest BCUT2D eigenvalue weighted by Gasteiger charge is 2.28. The van der Waals surface area contributed by atoms with Crippen LogP contribution in [-0.2, 0) is 6.42 Å². The summed E-state index contributed by atoms with van der Waals surface area (Å²) in [4.78, 5) is 25.6. The van der Waals surface area contributed by atoms with Crippen LogP contribution in [0.5, 0.6) is 11.5 Å². The van der Waals surface area contributed by atoms with Gasteiger partial charge in [0.1, 0.15) is 17.3 Å². The van der Waals surface area contributed by atoms with Gasteiger partial charge in [0.25, 0.3) is 11.8 Å². The van der Waals surface area contributed by atoms with Crippen LogP contribution in [-0.4, -0.2) is 17.5 Å². The van der Waals surface area contributed by atoms with Gasteiger partial charge in [-0.05, 0) is 68.3 Å². The molecule has 37 heavy (non-hydrogen) atoms. The van der Waals surface area contributed by atoms with Gasteiger partial charge in [-0.25, -0.2) is 5.43 Å². The van der Waals surface area contributed by atoms with Gasteiger partial charge in [-0.3, -0.25) is 9.59 Å². The minimum absolute atomic E-state index is 0.224. The molecule has 186 valence electrons. The minimum Gasteiger partial charge on any atom is -0.457 e. The summed E-state index contributed by atoms with van der Waals surface area (Å²) in [6.07, 6.45) is 2.14. The second kappa shape index (κ2) is 10.7. The summed E-state index contributed by atoms with van der Waals surface area (Å²) in [5.74, 6) is 1.55. The molecule has 0 fully saturated rings. The number of rotatable bonds is 6. The van der Waals surface area contributed by atoms with Crippen LogP contribution >= 0.6 is 11.6 Å². The van der Waals surface area contributed by atoms with Crippen molar-refractivity contribution in [1.29, 1.82) is 0 Å². The molecule has 0 radical (unpaired) electrons. The zero-order valence-corrected chi connectivity index (χ0v) is 20.8. The maximum atomic E-state index is 13.1. The Bertz CT molecular complexity index is 1480. The largest absolute Gasteiger partial charge is 0.457 e. The molecule has 0 bridgehead atoms. The molecule has 0 saturated heterocycles. The summed E-state index contributed by atoms with van der Waals surface area (Å²) >= 11 is 6.12. The molecule has 0 saturated carbocycles. The monoisotopic (exact) mass is 513 g/mol. The quantitative estimate of drug-likeness (QED) is 0.279. The van der Waals surface area contributed by atoms with Gasteiger partial charge in [0.15, 0.2) is 5.76 Å². The van der Waals surface area contributed by atoms with E-state index in [1.54, 1.807) is 48.5 Å². The topological polar surface area (TPSA) is 92.9 Å². The summed E-state index contributed by atoms with van der Waals surface area (Å²) in [5.41, 5.74) is 5.66. The van der Waals surface area contributed by atoms with E-state index < -0.39 is 5.91 Å². The molecule has 5 rings (SSSR count). The summed E-state index contributed by atoms with van der Waals surface area (Å²) < 4.78 is 11.8. The summed E-state index contributed by atoms with van der Waals surface area (Å²) in [6.45, 7) is 1.82. The van der Waals surface area contributed by atoms with Crippen molar-refractivity contribution in [1.82, 2.24) is 5.43 Å². The van der Waals surface area contributed by atoms with Crippen molar-refractivity contribution in [2.45, 2.75) is 26.2 Å². The van der Waals surface area contributed by atoms with Crippen LogP contribution in [0.2, 0.25) is 5.02 Å². The number of para-hydroxylation sites is 1. The number of aryl methyl sites for hydroxylation is 1. The number of nitrogens with zero attached hydrogens (tertiary/aromatic N) is 1. The van der Waals surface area contributed by atoms with Crippen LogP contribution in [0.4, 0.5) is 5.69 Å². The van der Waals surface area contributed by atoms with E-state index in [1.165, 1.54) is 0 Å². The lowest BCUT2D eigenvalue weighted by atomic mass is 9.93. The van der Waals surface area contributed by atoms with Gasteiger partial charge in [-0.15, -0.1) is 0 Å². The van der Waals surface area contributed by atoms with Crippen molar-refractivity contribution >= 4 is 34.8 Å². The first-order valence-corrected chi connectivity index (χ1v) is 12.3. The Morgan fingerprint density at radius 3 is 2.35 bits per heavy atom. The lowest BCUT2D eigenvalue weighted by Crippen LogP contribution is -2.22. The second-order valence-electron chi connectivity index (χ2n) is 8.58. The van der Waals surface area contributed by atoms with Crippen molar-refractivity contribution < 1.29 is 18.7 Å². The van der Waals surface area contributed by atoms with E-state index in [2.05, 4.69) is 15.8 Å². The Labute approximate surface area is 219 Å². The van der Waals surface area contributed by atoms with Gasteiger partial charge >= 0.3 is 0 Å². The van der Waals surface area contributed by atoms with Crippen LogP contribution in [0.25, 0.3) is 0 Å². The molecule has 0 atom stereocenters. The summed E-state index contributed by atoms with van der Waals surface area (Å²) in [6, 6.07) is 23.4. The number of ether oxygens (including phenoxy) is 1. The van der Waals surface area contributed by atoms with Crippen molar-refractivity contribution in [3.63, 3.8) is 0 Å². The highest BCUT2D eigenvalue weighted by Crippen LogP contribution is 2.31. The number of furan rings is 1. The molecule has 0 unspecified atom stereocenters. The fraction of sp³-hybridized carbons (Fsp3) is 0.138. The number of carbonyl (C=O) groups is 2. The number of anilines is 1. The predicted octanol–water partition coefficient (Wildman–Crippen LogP) is 6.76. The fourth-order valence-corrected chi connectivity index (χ4v) is 4.46. The molecule has 1 aliphatic carbocycles. The third-order valence-electron chi connectivity index (χ3n) is 6.03. The van der Waals surface area contributed by atoms with E-state index in [-0.39, 0.29) is 11.7 Å². The highest BCUT2D eigenvalue weighted by atomic mass is 35.5. The third kappa shape index (κ3) is 5.42. The molecular weight excluding hydrogens is 490 g/mol. The average molecular weight is 514 g/mol. The Morgan fingerprint density at radius 1 is 0.892 bits per heavy atom. The van der Waals surface area contributed by atoms with Crippen LogP contribution in [0.15, 0.2) is 88.4 Å². The highest BCUT2D eigenvalue weighted by molar-refractivity contribution is 6.33. The molecule has 7 nitrogen and oxygen atoms in total. The summed E-state index contributed by atoms with van der Waals surface area (Å²) in [5, 5.41) is 7.59. The van der Waals surface area contributed by atoms with Gasteiger partial charge in [0, 0.05) is 23.2 Å². The Hall–Kier alpha value is -4.36. The van der Waals surface area contributed by atoms with E-state index in [0.717, 1.165) is 17.7 Å². The molecule has 2 amide bonds. The Morgan fingerprint density at radius 2 is 1.59 bits per heavy atom. The fourth-order valence-electron chi connectivity index (χ4n) is 4.24. The lowest BCUT2D eigenvalue weighted by molar-refractivity contribution is 0.0953. The van der Waals surface area contributed by atoms with Crippen LogP contribution < -0.4 is 15.5 Å². The number of nitrogens with one attached hydrogen (secondary N) is 2. The van der Waals surface area contributed by atoms with E-state index >= 15 is 0 Å². The van der Waals surface area contributed by atoms with Gasteiger partial charge in [0.2, 0.25) is 0 Å². The average Bonchev–Trinajstić information content (AvgIpc) is 3.26. The Kier molecular flexibility index (Phi) is 7.05. The molecule has 0 aliphatic heterocycles. The number of hydrogen-bond donors (Lipinski definition) is 2. The van der Waals surface area contributed by atoms with Crippen molar-refractivity contribution in [3.8, 4) is 11.5 Å². The molecule has 3 aromatic carbocycles. The van der Waals surface area contributed by atoms with E-state index in [0.29, 0.717) is 51.9 Å². The SMILES string of the molecule is Cc1c(C(=O)Nc2ccc(Oc3ccccc3)cc2)oc2c1/C(=N/NC(=O)c1ccccc1Cl)CCC2. The smallest absolute Gasteiger partial charge is 0.291 e. The number of benzene rings is 3.